The minimum absolute atomic E-state index is 0.141. The van der Waals surface area contributed by atoms with Gasteiger partial charge in [-0.05, 0) is 49.0 Å². The lowest BCUT2D eigenvalue weighted by atomic mass is 9.85. The zero-order chi connectivity index (χ0) is 16.2. The number of rotatable bonds is 1. The molecule has 0 radical (unpaired) electrons. The zero-order valence-electron chi connectivity index (χ0n) is 12.3. The molecule has 2 aliphatic heterocycles. The Hall–Kier alpha value is -1.43. The minimum Gasteiger partial charge on any atom is -0.362 e. The van der Waals surface area contributed by atoms with Gasteiger partial charge < -0.3 is 5.32 Å². The van der Waals surface area contributed by atoms with Gasteiger partial charge in [0.15, 0.2) is 0 Å². The van der Waals surface area contributed by atoms with Crippen LogP contribution in [-0.2, 0) is 6.18 Å². The van der Waals surface area contributed by atoms with Crippen molar-refractivity contribution in [1.82, 2.24) is 5.32 Å². The highest BCUT2D eigenvalue weighted by Crippen LogP contribution is 2.52. The largest absolute Gasteiger partial charge is 0.419 e. The Morgan fingerprint density at radius 1 is 1.09 bits per heavy atom. The van der Waals surface area contributed by atoms with Crippen LogP contribution in [-0.4, -0.2) is 5.75 Å². The number of nitrogens with one attached hydrogen (secondary N) is 1. The lowest BCUT2D eigenvalue weighted by molar-refractivity contribution is -0.140. The maximum absolute atomic E-state index is 13.6. The van der Waals surface area contributed by atoms with Crippen molar-refractivity contribution in [1.29, 1.82) is 0 Å². The van der Waals surface area contributed by atoms with Crippen LogP contribution in [0.2, 0.25) is 0 Å². The van der Waals surface area contributed by atoms with Crippen molar-refractivity contribution in [2.75, 3.05) is 5.75 Å². The Balaban J connectivity index is 1.83. The quantitative estimate of drug-likeness (QED) is 0.694. The fourth-order valence-corrected chi connectivity index (χ4v) is 5.01. The summed E-state index contributed by atoms with van der Waals surface area (Å²) >= 11 is 1.70. The van der Waals surface area contributed by atoms with Gasteiger partial charge in [0.05, 0.1) is 5.56 Å². The second kappa shape index (κ2) is 5.30. The van der Waals surface area contributed by atoms with Crippen LogP contribution in [0.15, 0.2) is 40.1 Å². The predicted molar refractivity (Wildman–Crippen MR) is 82.3 cm³/mol. The molecular weight excluding hydrogens is 326 g/mol. The van der Waals surface area contributed by atoms with E-state index in [1.807, 2.05) is 0 Å². The van der Waals surface area contributed by atoms with Crippen molar-refractivity contribution in [3.63, 3.8) is 0 Å². The monoisotopic (exact) mass is 341 g/mol. The van der Waals surface area contributed by atoms with Crippen LogP contribution in [0.1, 0.15) is 42.7 Å². The SMILES string of the molecule is Fc1ccc(C2C3=C(CCC3)NC3=C2SCC3)cc1C(F)(F)F. The molecule has 4 rings (SSSR count). The summed E-state index contributed by atoms with van der Waals surface area (Å²) in [4.78, 5) is 1.12. The van der Waals surface area contributed by atoms with Gasteiger partial charge >= 0.3 is 6.18 Å². The Morgan fingerprint density at radius 3 is 2.70 bits per heavy atom. The average molecular weight is 341 g/mol. The smallest absolute Gasteiger partial charge is 0.362 e. The van der Waals surface area contributed by atoms with E-state index in [1.54, 1.807) is 11.8 Å². The fourth-order valence-electron chi connectivity index (χ4n) is 3.72. The standard InChI is InChI=1S/C17H15F4NS/c18-12-5-4-9(8-11(12)17(19,20)21)15-10-2-1-3-13(10)22-14-6-7-23-16(14)15/h4-5,8,15,22H,1-3,6-7H2. The third-order valence-corrected chi connectivity index (χ3v) is 5.91. The molecule has 0 bridgehead atoms. The van der Waals surface area contributed by atoms with Gasteiger partial charge in [-0.2, -0.15) is 13.2 Å². The first kappa shape index (κ1) is 15.1. The van der Waals surface area contributed by atoms with Crippen molar-refractivity contribution in [2.24, 2.45) is 0 Å². The molecule has 122 valence electrons. The van der Waals surface area contributed by atoms with Gasteiger partial charge in [-0.1, -0.05) is 6.07 Å². The van der Waals surface area contributed by atoms with E-state index in [1.165, 1.54) is 11.6 Å². The molecule has 2 heterocycles. The molecule has 0 aromatic heterocycles. The van der Waals surface area contributed by atoms with Crippen molar-refractivity contribution >= 4 is 11.8 Å². The Labute approximate surface area is 135 Å². The highest BCUT2D eigenvalue weighted by atomic mass is 32.2. The molecular formula is C17H15F4NS. The second-order valence-corrected chi connectivity index (χ2v) is 7.23. The molecule has 23 heavy (non-hydrogen) atoms. The third kappa shape index (κ3) is 2.47. The molecule has 0 spiro atoms. The molecule has 6 heteroatoms. The minimum atomic E-state index is -4.67. The molecule has 1 aliphatic carbocycles. The molecule has 1 N–H and O–H groups in total. The number of thioether (sulfide) groups is 1. The van der Waals surface area contributed by atoms with E-state index in [4.69, 9.17) is 0 Å². The van der Waals surface area contributed by atoms with Gasteiger partial charge in [-0.15, -0.1) is 11.8 Å². The summed E-state index contributed by atoms with van der Waals surface area (Å²) in [6.07, 6.45) is -0.892. The molecule has 0 saturated heterocycles. The number of alkyl halides is 3. The van der Waals surface area contributed by atoms with Crippen LogP contribution < -0.4 is 5.32 Å². The van der Waals surface area contributed by atoms with Gasteiger partial charge in [0.25, 0.3) is 0 Å². The average Bonchev–Trinajstić information content (AvgIpc) is 3.12. The summed E-state index contributed by atoms with van der Waals surface area (Å²) < 4.78 is 52.8. The molecule has 3 aliphatic rings. The summed E-state index contributed by atoms with van der Waals surface area (Å²) in [5.74, 6) is -0.399. The number of halogens is 4. The number of hydrogen-bond donors (Lipinski definition) is 1. The number of dihydropyridines is 1. The van der Waals surface area contributed by atoms with Crippen molar-refractivity contribution < 1.29 is 17.6 Å². The summed E-state index contributed by atoms with van der Waals surface area (Å²) in [5.41, 5.74) is 2.86. The third-order valence-electron chi connectivity index (χ3n) is 4.71. The van der Waals surface area contributed by atoms with E-state index in [9.17, 15) is 17.6 Å². The van der Waals surface area contributed by atoms with E-state index in [0.29, 0.717) is 5.56 Å². The summed E-state index contributed by atoms with van der Waals surface area (Å²) in [7, 11) is 0. The van der Waals surface area contributed by atoms with Crippen LogP contribution in [0.25, 0.3) is 0 Å². The maximum Gasteiger partial charge on any atom is 0.419 e. The molecule has 1 unspecified atom stereocenters. The van der Waals surface area contributed by atoms with E-state index >= 15 is 0 Å². The number of benzene rings is 1. The molecule has 1 nitrogen and oxygen atoms in total. The van der Waals surface area contributed by atoms with Crippen molar-refractivity contribution in [3.05, 3.63) is 57.0 Å². The first-order valence-electron chi connectivity index (χ1n) is 7.66. The fraction of sp³-hybridized carbons (Fsp3) is 0.412. The topological polar surface area (TPSA) is 12.0 Å². The molecule has 0 amide bonds. The first-order valence-corrected chi connectivity index (χ1v) is 8.65. The Morgan fingerprint density at radius 2 is 1.91 bits per heavy atom. The van der Waals surface area contributed by atoms with Gasteiger partial charge in [0.1, 0.15) is 5.82 Å². The summed E-state index contributed by atoms with van der Waals surface area (Å²) in [6.45, 7) is 0. The van der Waals surface area contributed by atoms with Gasteiger partial charge in [-0.25, -0.2) is 4.39 Å². The molecule has 0 saturated carbocycles. The molecule has 1 aromatic rings. The highest BCUT2D eigenvalue weighted by molar-refractivity contribution is 8.03. The molecule has 1 aromatic carbocycles. The van der Waals surface area contributed by atoms with Crippen molar-refractivity contribution in [3.8, 4) is 0 Å². The van der Waals surface area contributed by atoms with Crippen LogP contribution in [0.5, 0.6) is 0 Å². The Kier molecular flexibility index (Phi) is 3.48. The Bertz CT molecular complexity index is 703. The van der Waals surface area contributed by atoms with E-state index in [2.05, 4.69) is 5.32 Å². The molecule has 1 atom stereocenters. The number of hydrogen-bond acceptors (Lipinski definition) is 2. The highest BCUT2D eigenvalue weighted by Gasteiger charge is 2.38. The van der Waals surface area contributed by atoms with E-state index in [-0.39, 0.29) is 5.92 Å². The zero-order valence-corrected chi connectivity index (χ0v) is 13.1. The lowest BCUT2D eigenvalue weighted by Crippen LogP contribution is -2.22. The molecule has 0 fully saturated rings. The normalized spacial score (nSPS) is 23.9. The maximum atomic E-state index is 13.6. The predicted octanol–water partition coefficient (Wildman–Crippen LogP) is 5.32. The van der Waals surface area contributed by atoms with E-state index < -0.39 is 17.6 Å². The van der Waals surface area contributed by atoms with Crippen LogP contribution in [0, 0.1) is 5.82 Å². The van der Waals surface area contributed by atoms with Crippen molar-refractivity contribution in [2.45, 2.75) is 37.8 Å². The van der Waals surface area contributed by atoms with Gasteiger partial charge in [-0.3, -0.25) is 0 Å². The lowest BCUT2D eigenvalue weighted by Gasteiger charge is -2.29. The second-order valence-electron chi connectivity index (χ2n) is 6.09. The summed E-state index contributed by atoms with van der Waals surface area (Å²) in [6, 6.07) is 3.46. The van der Waals surface area contributed by atoms with E-state index in [0.717, 1.165) is 59.9 Å². The van der Waals surface area contributed by atoms with Crippen LogP contribution in [0.4, 0.5) is 17.6 Å². The number of allylic oxidation sites excluding steroid dienone is 4. The summed E-state index contributed by atoms with van der Waals surface area (Å²) in [5, 5.41) is 3.48. The first-order chi connectivity index (χ1) is 10.9. The van der Waals surface area contributed by atoms with Crippen LogP contribution in [0.3, 0.4) is 0 Å². The van der Waals surface area contributed by atoms with Crippen LogP contribution >= 0.6 is 11.8 Å². The van der Waals surface area contributed by atoms with Gasteiger partial charge in [0.2, 0.25) is 0 Å². The van der Waals surface area contributed by atoms with Gasteiger partial charge in [0, 0.05) is 28.0 Å².